The van der Waals surface area contributed by atoms with Gasteiger partial charge in [0, 0.05) is 17.5 Å². The first-order valence-electron chi connectivity index (χ1n) is 4.94. The summed E-state index contributed by atoms with van der Waals surface area (Å²) in [6, 6.07) is 4.67. The van der Waals surface area contributed by atoms with Crippen LogP contribution in [0.5, 0.6) is 0 Å². The fourth-order valence-electron chi connectivity index (χ4n) is 1.27. The third-order valence-corrected chi connectivity index (χ3v) is 2.44. The van der Waals surface area contributed by atoms with Gasteiger partial charge in [0.05, 0.1) is 5.69 Å². The molecule has 0 spiro atoms. The van der Waals surface area contributed by atoms with Crippen molar-refractivity contribution in [3.05, 3.63) is 23.8 Å². The number of aliphatic imine (C=N–C) groups is 1. The number of amides is 1. The lowest BCUT2D eigenvalue weighted by molar-refractivity contribution is -0.119. The highest BCUT2D eigenvalue weighted by Gasteiger charge is 2.12. The van der Waals surface area contributed by atoms with E-state index in [1.165, 1.54) is 6.08 Å². The summed E-state index contributed by atoms with van der Waals surface area (Å²) in [5.41, 5.74) is 2.13. The van der Waals surface area contributed by atoms with Crippen molar-refractivity contribution in [2.75, 3.05) is 5.32 Å². The molecule has 0 bridgehead atoms. The minimum atomic E-state index is -0.485. The summed E-state index contributed by atoms with van der Waals surface area (Å²) in [4.78, 5) is 26.9. The normalized spacial score (nSPS) is 11.2. The molecular weight excluding hydrogens is 242 g/mol. The molecule has 90 valence electrons. The lowest BCUT2D eigenvalue weighted by Gasteiger charge is -2.15. The zero-order valence-electron chi connectivity index (χ0n) is 9.45. The standard InChI is InChI=1S/C11H12ClN3O2/c1-7-3-4-9(13-6-16)5-10(7)14-8(2)11(17)15-12/h3-5,8,14H,1-2H3,(H,15,17). The van der Waals surface area contributed by atoms with E-state index >= 15 is 0 Å². The monoisotopic (exact) mass is 253 g/mol. The third kappa shape index (κ3) is 3.59. The van der Waals surface area contributed by atoms with Gasteiger partial charge < -0.3 is 5.32 Å². The van der Waals surface area contributed by atoms with Crippen molar-refractivity contribution in [2.45, 2.75) is 19.9 Å². The Morgan fingerprint density at radius 3 is 2.82 bits per heavy atom. The maximum absolute atomic E-state index is 11.2. The van der Waals surface area contributed by atoms with E-state index < -0.39 is 6.04 Å². The van der Waals surface area contributed by atoms with Crippen LogP contribution in [0.4, 0.5) is 11.4 Å². The van der Waals surface area contributed by atoms with Crippen LogP contribution in [0.15, 0.2) is 23.2 Å². The minimum absolute atomic E-state index is 0.338. The number of anilines is 1. The van der Waals surface area contributed by atoms with E-state index in [4.69, 9.17) is 11.8 Å². The van der Waals surface area contributed by atoms with E-state index in [-0.39, 0.29) is 5.91 Å². The molecule has 1 unspecified atom stereocenters. The van der Waals surface area contributed by atoms with Crippen LogP contribution in [0, 0.1) is 6.92 Å². The van der Waals surface area contributed by atoms with Gasteiger partial charge >= 0.3 is 0 Å². The Morgan fingerprint density at radius 2 is 2.24 bits per heavy atom. The SMILES string of the molecule is Cc1ccc(N=C=O)cc1NC(C)C(=O)NCl. The largest absolute Gasteiger partial charge is 0.374 e. The van der Waals surface area contributed by atoms with Crippen molar-refractivity contribution >= 4 is 35.1 Å². The number of rotatable bonds is 4. The highest BCUT2D eigenvalue weighted by atomic mass is 35.5. The lowest BCUT2D eigenvalue weighted by atomic mass is 10.1. The van der Waals surface area contributed by atoms with Crippen LogP contribution < -0.4 is 10.2 Å². The van der Waals surface area contributed by atoms with E-state index in [0.717, 1.165) is 5.56 Å². The van der Waals surface area contributed by atoms with Crippen LogP contribution in [0.1, 0.15) is 12.5 Å². The molecule has 1 amide bonds. The number of carbonyl (C=O) groups is 1. The number of nitrogens with zero attached hydrogens (tertiary/aromatic N) is 1. The summed E-state index contributed by atoms with van der Waals surface area (Å²) in [7, 11) is 0. The molecule has 0 heterocycles. The highest BCUT2D eigenvalue weighted by Crippen LogP contribution is 2.22. The van der Waals surface area contributed by atoms with Gasteiger partial charge in [-0.2, -0.15) is 4.99 Å². The molecule has 0 fully saturated rings. The van der Waals surface area contributed by atoms with Crippen LogP contribution in [-0.2, 0) is 9.59 Å². The van der Waals surface area contributed by atoms with Crippen molar-refractivity contribution in [3.8, 4) is 0 Å². The molecule has 0 aromatic heterocycles. The number of halogens is 1. The molecule has 0 aliphatic rings. The molecule has 1 atom stereocenters. The average Bonchev–Trinajstić information content (AvgIpc) is 2.32. The van der Waals surface area contributed by atoms with Gasteiger partial charge in [-0.1, -0.05) is 6.07 Å². The summed E-state index contributed by atoms with van der Waals surface area (Å²) < 4.78 is 0. The molecule has 1 aromatic rings. The lowest BCUT2D eigenvalue weighted by Crippen LogP contribution is -2.32. The molecule has 1 aromatic carbocycles. The van der Waals surface area contributed by atoms with Gasteiger partial charge in [0.25, 0.3) is 5.91 Å². The predicted molar refractivity (Wildman–Crippen MR) is 66.0 cm³/mol. The summed E-state index contributed by atoms with van der Waals surface area (Å²) in [6.45, 7) is 3.55. The fourth-order valence-corrected chi connectivity index (χ4v) is 1.43. The van der Waals surface area contributed by atoms with Crippen LogP contribution >= 0.6 is 11.8 Å². The van der Waals surface area contributed by atoms with E-state index in [1.807, 2.05) is 11.8 Å². The zero-order chi connectivity index (χ0) is 12.8. The van der Waals surface area contributed by atoms with Gasteiger partial charge in [-0.25, -0.2) is 4.79 Å². The van der Waals surface area contributed by atoms with Crippen molar-refractivity contribution < 1.29 is 9.59 Å². The molecule has 17 heavy (non-hydrogen) atoms. The minimum Gasteiger partial charge on any atom is -0.374 e. The first-order valence-corrected chi connectivity index (χ1v) is 5.32. The second-order valence-corrected chi connectivity index (χ2v) is 3.72. The molecule has 0 saturated heterocycles. The van der Waals surface area contributed by atoms with Gasteiger partial charge in [0.2, 0.25) is 6.08 Å². The molecule has 0 aliphatic carbocycles. The number of hydrogen-bond donors (Lipinski definition) is 2. The summed E-state index contributed by atoms with van der Waals surface area (Å²) in [6.07, 6.45) is 1.46. The molecule has 2 N–H and O–H groups in total. The Morgan fingerprint density at radius 1 is 1.53 bits per heavy atom. The molecule has 6 heteroatoms. The predicted octanol–water partition coefficient (Wildman–Crippen LogP) is 2.03. The van der Waals surface area contributed by atoms with Crippen LogP contribution in [0.3, 0.4) is 0 Å². The summed E-state index contributed by atoms with van der Waals surface area (Å²) in [5, 5.41) is 2.97. The van der Waals surface area contributed by atoms with Crippen molar-refractivity contribution in [1.29, 1.82) is 0 Å². The second kappa shape index (κ2) is 6.03. The van der Waals surface area contributed by atoms with E-state index in [1.54, 1.807) is 25.1 Å². The maximum Gasteiger partial charge on any atom is 0.256 e. The molecule has 1 rings (SSSR count). The quantitative estimate of drug-likeness (QED) is 0.490. The third-order valence-electron chi connectivity index (χ3n) is 2.25. The fraction of sp³-hybridized carbons (Fsp3) is 0.273. The van der Waals surface area contributed by atoms with E-state index in [0.29, 0.717) is 11.4 Å². The number of benzene rings is 1. The van der Waals surface area contributed by atoms with E-state index in [2.05, 4.69) is 10.3 Å². The number of nitrogens with one attached hydrogen (secondary N) is 2. The Hall–Kier alpha value is -1.84. The van der Waals surface area contributed by atoms with Gasteiger partial charge in [0.1, 0.15) is 6.04 Å². The number of aryl methyl sites for hydroxylation is 1. The van der Waals surface area contributed by atoms with Crippen molar-refractivity contribution in [3.63, 3.8) is 0 Å². The van der Waals surface area contributed by atoms with Crippen molar-refractivity contribution in [2.24, 2.45) is 4.99 Å². The van der Waals surface area contributed by atoms with E-state index in [9.17, 15) is 9.59 Å². The molecular formula is C11H12ClN3O2. The summed E-state index contributed by atoms with van der Waals surface area (Å²) in [5.74, 6) is -0.338. The van der Waals surface area contributed by atoms with Crippen LogP contribution in [-0.4, -0.2) is 18.0 Å². The van der Waals surface area contributed by atoms with Crippen molar-refractivity contribution in [1.82, 2.24) is 4.84 Å². The van der Waals surface area contributed by atoms with Crippen LogP contribution in [0.2, 0.25) is 0 Å². The molecule has 5 nitrogen and oxygen atoms in total. The Labute approximate surface area is 104 Å². The molecule has 0 saturated carbocycles. The van der Waals surface area contributed by atoms with Gasteiger partial charge in [-0.15, -0.1) is 0 Å². The Balaban J connectivity index is 2.93. The zero-order valence-corrected chi connectivity index (χ0v) is 10.2. The number of isocyanates is 1. The van der Waals surface area contributed by atoms with Gasteiger partial charge in [-0.3, -0.25) is 9.63 Å². The first kappa shape index (κ1) is 13.2. The maximum atomic E-state index is 11.2. The van der Waals surface area contributed by atoms with Gasteiger partial charge in [0.15, 0.2) is 0 Å². The topological polar surface area (TPSA) is 70.6 Å². The number of carbonyl (C=O) groups excluding carboxylic acids is 2. The number of hydrogen-bond acceptors (Lipinski definition) is 4. The second-order valence-electron chi connectivity index (χ2n) is 3.53. The first-order chi connectivity index (χ1) is 8.08. The Kier molecular flexibility index (Phi) is 4.69. The average molecular weight is 254 g/mol. The van der Waals surface area contributed by atoms with Crippen LogP contribution in [0.25, 0.3) is 0 Å². The van der Waals surface area contributed by atoms with Gasteiger partial charge in [-0.05, 0) is 31.5 Å². The molecule has 0 aliphatic heterocycles. The molecule has 0 radical (unpaired) electrons. The highest BCUT2D eigenvalue weighted by molar-refractivity contribution is 6.22. The Bertz CT molecular complexity index is 470. The smallest absolute Gasteiger partial charge is 0.256 e. The summed E-state index contributed by atoms with van der Waals surface area (Å²) >= 11 is 5.22.